The summed E-state index contributed by atoms with van der Waals surface area (Å²) in [6, 6.07) is 17.7. The minimum Gasteiger partial charge on any atom is -0.351 e. The van der Waals surface area contributed by atoms with Crippen molar-refractivity contribution in [1.29, 1.82) is 0 Å². The first kappa shape index (κ1) is 26.7. The maximum Gasteiger partial charge on any atom is 0.259 e. The lowest BCUT2D eigenvalue weighted by Gasteiger charge is -2.24. The molecule has 0 aliphatic carbocycles. The molecule has 1 aliphatic heterocycles. The Morgan fingerprint density at radius 1 is 0.946 bits per heavy atom. The van der Waals surface area contributed by atoms with E-state index in [0.717, 1.165) is 32.5 Å². The molecule has 194 valence electrons. The number of hydrogen-bond acceptors (Lipinski definition) is 4. The molecule has 0 bridgehead atoms. The summed E-state index contributed by atoms with van der Waals surface area (Å²) in [5.41, 5.74) is 1.86. The topological polar surface area (TPSA) is 69.7 Å². The van der Waals surface area contributed by atoms with E-state index in [1.807, 2.05) is 0 Å². The van der Waals surface area contributed by atoms with Gasteiger partial charge in [-0.05, 0) is 74.0 Å². The van der Waals surface area contributed by atoms with Gasteiger partial charge in [0.05, 0.1) is 38.4 Å². The van der Waals surface area contributed by atoms with Gasteiger partial charge in [-0.1, -0.05) is 38.1 Å². The van der Waals surface area contributed by atoms with Crippen molar-refractivity contribution in [2.24, 2.45) is 0 Å². The van der Waals surface area contributed by atoms with Crippen LogP contribution in [0.2, 0.25) is 0 Å². The molecule has 1 aliphatic rings. The highest BCUT2D eigenvalue weighted by molar-refractivity contribution is 7.85. The lowest BCUT2D eigenvalue weighted by Crippen LogP contribution is -2.36. The van der Waals surface area contributed by atoms with Crippen molar-refractivity contribution >= 4 is 28.3 Å². The zero-order valence-electron chi connectivity index (χ0n) is 21.2. The number of carbonyl (C=O) groups is 2. The van der Waals surface area contributed by atoms with Crippen molar-refractivity contribution < 1.29 is 18.2 Å². The Hall–Kier alpha value is -3.36. The number of halogens is 1. The molecule has 1 heterocycles. The van der Waals surface area contributed by atoms with E-state index in [-0.39, 0.29) is 24.2 Å². The number of fused-ring (bicyclic) bond motifs is 2. The van der Waals surface area contributed by atoms with E-state index in [2.05, 4.69) is 24.1 Å². The maximum absolute atomic E-state index is 13.7. The largest absolute Gasteiger partial charge is 0.351 e. The summed E-state index contributed by atoms with van der Waals surface area (Å²) in [7, 11) is -1.61. The molecule has 4 rings (SSSR count). The summed E-state index contributed by atoms with van der Waals surface area (Å²) in [6.07, 6.45) is 2.10. The molecule has 2 amide bonds. The van der Waals surface area contributed by atoms with E-state index in [1.165, 1.54) is 17.0 Å². The van der Waals surface area contributed by atoms with E-state index in [4.69, 9.17) is 0 Å². The fourth-order valence-electron chi connectivity index (χ4n) is 4.53. The predicted octanol–water partition coefficient (Wildman–Crippen LogP) is 5.00. The zero-order valence-corrected chi connectivity index (χ0v) is 22.0. The van der Waals surface area contributed by atoms with Crippen molar-refractivity contribution in [1.82, 2.24) is 10.2 Å². The van der Waals surface area contributed by atoms with Crippen LogP contribution in [0.4, 0.5) is 10.1 Å². The van der Waals surface area contributed by atoms with Crippen LogP contribution < -0.4 is 10.2 Å². The monoisotopic (exact) mass is 521 g/mol. The number of nitrogens with one attached hydrogen (secondary N) is 1. The molecule has 0 saturated heterocycles. The van der Waals surface area contributed by atoms with Crippen molar-refractivity contribution in [2.75, 3.05) is 31.1 Å². The second kappa shape index (κ2) is 12.3. The Labute approximate surface area is 219 Å². The second-order valence-corrected chi connectivity index (χ2v) is 10.5. The molecular formula is C29H32FN3O3S. The quantitative estimate of drug-likeness (QED) is 0.408. The van der Waals surface area contributed by atoms with Gasteiger partial charge in [0.15, 0.2) is 0 Å². The smallest absolute Gasteiger partial charge is 0.259 e. The van der Waals surface area contributed by atoms with Gasteiger partial charge in [0.1, 0.15) is 5.82 Å². The first-order valence-electron chi connectivity index (χ1n) is 12.6. The van der Waals surface area contributed by atoms with Crippen LogP contribution in [0.3, 0.4) is 0 Å². The Bertz CT molecular complexity index is 1290. The van der Waals surface area contributed by atoms with Crippen molar-refractivity contribution in [3.8, 4) is 0 Å². The van der Waals surface area contributed by atoms with Crippen LogP contribution in [0, 0.1) is 5.82 Å². The Morgan fingerprint density at radius 3 is 2.35 bits per heavy atom. The van der Waals surface area contributed by atoms with Gasteiger partial charge in [-0.15, -0.1) is 0 Å². The Balaban J connectivity index is 1.65. The standard InChI is InChI=1S/C29H32FN3O3S/c1-3-16-32(17-4-2)18-15-31-28(34)22-11-14-27-25(19-22)33(20-21-9-12-23(30)13-10-21)29(35)24-7-5-6-8-26(24)37(27)36/h5-14,19H,3-4,15-18,20H2,1-2H3,(H,31,34)/t37-/m1/s1. The molecule has 8 heteroatoms. The van der Waals surface area contributed by atoms with Gasteiger partial charge in [0.2, 0.25) is 0 Å². The molecule has 37 heavy (non-hydrogen) atoms. The van der Waals surface area contributed by atoms with Gasteiger partial charge < -0.3 is 15.1 Å². The number of hydrogen-bond donors (Lipinski definition) is 1. The molecule has 3 aromatic rings. The number of rotatable bonds is 10. The van der Waals surface area contributed by atoms with Gasteiger partial charge >= 0.3 is 0 Å². The molecular weight excluding hydrogens is 489 g/mol. The van der Waals surface area contributed by atoms with Crippen LogP contribution in [0.5, 0.6) is 0 Å². The molecule has 6 nitrogen and oxygen atoms in total. The number of nitrogens with zero attached hydrogens (tertiary/aromatic N) is 2. The van der Waals surface area contributed by atoms with Gasteiger partial charge in [0, 0.05) is 18.7 Å². The van der Waals surface area contributed by atoms with Crippen LogP contribution in [-0.4, -0.2) is 47.1 Å². The summed E-state index contributed by atoms with van der Waals surface area (Å²) in [5, 5.41) is 2.98. The van der Waals surface area contributed by atoms with Gasteiger partial charge in [-0.2, -0.15) is 0 Å². The first-order valence-corrected chi connectivity index (χ1v) is 13.8. The number of amides is 2. The third-order valence-electron chi connectivity index (χ3n) is 6.32. The van der Waals surface area contributed by atoms with Crippen molar-refractivity contribution in [3.05, 3.63) is 89.2 Å². The molecule has 0 spiro atoms. The highest BCUT2D eigenvalue weighted by Gasteiger charge is 2.31. The predicted molar refractivity (Wildman–Crippen MR) is 144 cm³/mol. The van der Waals surface area contributed by atoms with Crippen molar-refractivity contribution in [2.45, 2.75) is 43.0 Å². The molecule has 3 aromatic carbocycles. The van der Waals surface area contributed by atoms with Crippen molar-refractivity contribution in [3.63, 3.8) is 0 Å². The zero-order chi connectivity index (χ0) is 26.4. The van der Waals surface area contributed by atoms with E-state index >= 15 is 0 Å². The summed E-state index contributed by atoms with van der Waals surface area (Å²) in [6.45, 7) is 7.64. The van der Waals surface area contributed by atoms with Crippen LogP contribution in [-0.2, 0) is 17.3 Å². The van der Waals surface area contributed by atoms with Gasteiger partial charge in [-0.3, -0.25) is 9.59 Å². The maximum atomic E-state index is 13.7. The number of benzene rings is 3. The summed E-state index contributed by atoms with van der Waals surface area (Å²) in [4.78, 5) is 31.4. The molecule has 0 unspecified atom stereocenters. The highest BCUT2D eigenvalue weighted by Crippen LogP contribution is 2.36. The molecule has 1 N–H and O–H groups in total. The van der Waals surface area contributed by atoms with Gasteiger partial charge in [0.25, 0.3) is 11.8 Å². The average molecular weight is 522 g/mol. The van der Waals surface area contributed by atoms with E-state index in [1.54, 1.807) is 54.6 Å². The third-order valence-corrected chi connectivity index (χ3v) is 7.82. The average Bonchev–Trinajstić information content (AvgIpc) is 2.99. The van der Waals surface area contributed by atoms with Crippen LogP contribution in [0.25, 0.3) is 0 Å². The Morgan fingerprint density at radius 2 is 1.65 bits per heavy atom. The number of carbonyl (C=O) groups excluding carboxylic acids is 2. The van der Waals surface area contributed by atoms with Crippen LogP contribution in [0.15, 0.2) is 76.5 Å². The first-order chi connectivity index (χ1) is 17.9. The molecule has 1 atom stereocenters. The molecule has 0 aromatic heterocycles. The summed E-state index contributed by atoms with van der Waals surface area (Å²) in [5.74, 6) is -0.940. The fraction of sp³-hybridized carbons (Fsp3) is 0.310. The lowest BCUT2D eigenvalue weighted by atomic mass is 10.1. The van der Waals surface area contributed by atoms with Crippen LogP contribution >= 0.6 is 0 Å². The molecule has 0 radical (unpaired) electrons. The normalized spacial score (nSPS) is 14.8. The Kier molecular flexibility index (Phi) is 8.84. The second-order valence-electron chi connectivity index (χ2n) is 9.06. The summed E-state index contributed by atoms with van der Waals surface area (Å²) >= 11 is 0. The fourth-order valence-corrected chi connectivity index (χ4v) is 5.88. The van der Waals surface area contributed by atoms with Crippen LogP contribution in [0.1, 0.15) is 53.0 Å². The molecule has 0 saturated carbocycles. The van der Waals surface area contributed by atoms with E-state index < -0.39 is 10.8 Å². The minimum absolute atomic E-state index is 0.145. The lowest BCUT2D eigenvalue weighted by molar-refractivity contribution is 0.0945. The molecule has 0 fully saturated rings. The number of anilines is 1. The SMILES string of the molecule is CCCN(CCC)CCNC(=O)c1ccc2c(c1)N(Cc1ccc(F)cc1)C(=O)c1ccccc1[S@]2=O. The van der Waals surface area contributed by atoms with Gasteiger partial charge in [-0.25, -0.2) is 8.60 Å². The minimum atomic E-state index is -1.61. The van der Waals surface area contributed by atoms with E-state index in [0.29, 0.717) is 38.7 Å². The van der Waals surface area contributed by atoms with E-state index in [9.17, 15) is 18.2 Å². The highest BCUT2D eigenvalue weighted by atomic mass is 32.2. The third kappa shape index (κ3) is 6.14. The summed E-state index contributed by atoms with van der Waals surface area (Å²) < 4.78 is 27.0.